The zero-order valence-corrected chi connectivity index (χ0v) is 31.3. The molecule has 58 heavy (non-hydrogen) atoms. The molecule has 0 spiro atoms. The number of nitriles is 1. The number of oxazole rings is 1. The minimum absolute atomic E-state index is 0.427. The molecule has 0 N–H and O–H groups in total. The summed E-state index contributed by atoms with van der Waals surface area (Å²) in [5.74, 6) is 0.427. The fourth-order valence-corrected chi connectivity index (χ4v) is 8.23. The summed E-state index contributed by atoms with van der Waals surface area (Å²) in [6, 6.07) is 72.8. The molecule has 0 atom stereocenters. The summed E-state index contributed by atoms with van der Waals surface area (Å²) < 4.78 is 6.11. The zero-order chi connectivity index (χ0) is 38.6. The molecule has 0 radical (unpaired) electrons. The summed E-state index contributed by atoms with van der Waals surface area (Å²) in [5.41, 5.74) is 10.1. The smallest absolute Gasteiger partial charge is 0.228 e. The van der Waals surface area contributed by atoms with Crippen molar-refractivity contribution in [2.45, 2.75) is 0 Å². The minimum atomic E-state index is 0.427. The molecule has 4 heteroatoms. The van der Waals surface area contributed by atoms with Gasteiger partial charge in [-0.25, -0.2) is 4.98 Å². The summed E-state index contributed by atoms with van der Waals surface area (Å²) in [7, 11) is 0. The lowest BCUT2D eigenvalue weighted by Gasteiger charge is -2.27. The first-order valence-corrected chi connectivity index (χ1v) is 19.4. The number of fused-ring (bicyclic) bond motifs is 5. The first kappa shape index (κ1) is 33.3. The predicted molar refractivity (Wildman–Crippen MR) is 240 cm³/mol. The van der Waals surface area contributed by atoms with Crippen molar-refractivity contribution < 1.29 is 4.42 Å². The summed E-state index contributed by atoms with van der Waals surface area (Å²) in [6.45, 7) is 0. The van der Waals surface area contributed by atoms with E-state index in [4.69, 9.17) is 9.40 Å². The molecular weight excluding hydrogens is 707 g/mol. The number of para-hydroxylation sites is 2. The standard InChI is InChI=1S/C54H33N3O/c55-34-47-33-50(25-26-51(47)54-56-52-11-5-6-12-53(52)58-54)57(48-23-21-43-29-41(17-19-45(43)31-48)39-15-13-35-7-1-3-9-37(35)27-39)49-24-22-44-30-42(18-20-46(44)32-49)40-16-14-36-8-2-4-10-38(36)28-40/h1-33H. The van der Waals surface area contributed by atoms with Crippen LogP contribution in [-0.4, -0.2) is 4.98 Å². The number of anilines is 3. The topological polar surface area (TPSA) is 53.1 Å². The number of hydrogen-bond donors (Lipinski definition) is 0. The van der Waals surface area contributed by atoms with E-state index in [0.717, 1.165) is 44.1 Å². The zero-order valence-electron chi connectivity index (χ0n) is 31.3. The van der Waals surface area contributed by atoms with Crippen LogP contribution in [0.1, 0.15) is 5.56 Å². The van der Waals surface area contributed by atoms with Gasteiger partial charge in [-0.1, -0.05) is 121 Å². The lowest BCUT2D eigenvalue weighted by molar-refractivity contribution is 0.619. The van der Waals surface area contributed by atoms with Gasteiger partial charge in [0, 0.05) is 17.1 Å². The highest BCUT2D eigenvalue weighted by molar-refractivity contribution is 5.97. The van der Waals surface area contributed by atoms with E-state index in [1.54, 1.807) is 0 Å². The maximum Gasteiger partial charge on any atom is 0.228 e. The molecule has 270 valence electrons. The number of rotatable bonds is 6. The molecule has 0 amide bonds. The molecule has 4 nitrogen and oxygen atoms in total. The van der Waals surface area contributed by atoms with Crippen molar-refractivity contribution in [2.24, 2.45) is 0 Å². The lowest BCUT2D eigenvalue weighted by atomic mass is 9.97. The molecule has 0 aliphatic heterocycles. The van der Waals surface area contributed by atoms with E-state index < -0.39 is 0 Å². The normalized spacial score (nSPS) is 11.4. The Hall–Kier alpha value is -8.00. The first-order chi connectivity index (χ1) is 28.6. The van der Waals surface area contributed by atoms with Crippen molar-refractivity contribution in [1.29, 1.82) is 5.26 Å². The second-order valence-electron chi connectivity index (χ2n) is 14.8. The Morgan fingerprint density at radius 3 is 1.34 bits per heavy atom. The molecule has 1 heterocycles. The maximum atomic E-state index is 10.5. The maximum absolute atomic E-state index is 10.5. The van der Waals surface area contributed by atoms with Gasteiger partial charge >= 0.3 is 0 Å². The van der Waals surface area contributed by atoms with E-state index in [0.29, 0.717) is 22.6 Å². The van der Waals surface area contributed by atoms with Crippen molar-refractivity contribution in [3.05, 3.63) is 206 Å². The van der Waals surface area contributed by atoms with E-state index in [2.05, 4.69) is 169 Å². The van der Waals surface area contributed by atoms with E-state index in [-0.39, 0.29) is 0 Å². The van der Waals surface area contributed by atoms with Crippen LogP contribution in [0.3, 0.4) is 0 Å². The van der Waals surface area contributed by atoms with Gasteiger partial charge in [-0.3, -0.25) is 0 Å². The Morgan fingerprint density at radius 1 is 0.397 bits per heavy atom. The molecule has 1 aromatic heterocycles. The van der Waals surface area contributed by atoms with Crippen LogP contribution in [-0.2, 0) is 0 Å². The quantitative estimate of drug-likeness (QED) is 0.170. The summed E-state index contributed by atoms with van der Waals surface area (Å²) in [6.07, 6.45) is 0. The van der Waals surface area contributed by atoms with Crippen LogP contribution < -0.4 is 4.90 Å². The van der Waals surface area contributed by atoms with Crippen molar-refractivity contribution in [3.8, 4) is 39.8 Å². The molecule has 0 aliphatic carbocycles. The fourth-order valence-electron chi connectivity index (χ4n) is 8.23. The Bertz CT molecular complexity index is 3250. The van der Waals surface area contributed by atoms with Crippen LogP contribution in [0.15, 0.2) is 205 Å². The molecule has 11 rings (SSSR count). The van der Waals surface area contributed by atoms with Crippen molar-refractivity contribution >= 4 is 71.3 Å². The highest BCUT2D eigenvalue weighted by atomic mass is 16.3. The number of aromatic nitrogens is 1. The van der Waals surface area contributed by atoms with Crippen molar-refractivity contribution in [3.63, 3.8) is 0 Å². The number of hydrogen-bond acceptors (Lipinski definition) is 4. The van der Waals surface area contributed by atoms with Gasteiger partial charge in [-0.15, -0.1) is 0 Å². The van der Waals surface area contributed by atoms with Crippen LogP contribution in [0.2, 0.25) is 0 Å². The first-order valence-electron chi connectivity index (χ1n) is 19.4. The Kier molecular flexibility index (Phi) is 7.84. The largest absolute Gasteiger partial charge is 0.436 e. The SMILES string of the molecule is N#Cc1cc(N(c2ccc3cc(-c4ccc5ccccc5c4)ccc3c2)c2ccc3cc(-c4ccc5ccccc5c4)ccc3c2)ccc1-c1nc2ccccc2o1. The van der Waals surface area contributed by atoms with E-state index in [1.165, 1.54) is 43.8 Å². The molecule has 0 saturated carbocycles. The molecular formula is C54H33N3O. The highest BCUT2D eigenvalue weighted by Crippen LogP contribution is 2.41. The second-order valence-corrected chi connectivity index (χ2v) is 14.8. The molecule has 0 fully saturated rings. The van der Waals surface area contributed by atoms with Crippen LogP contribution in [0.4, 0.5) is 17.1 Å². The van der Waals surface area contributed by atoms with Gasteiger partial charge in [0.25, 0.3) is 0 Å². The number of nitrogens with zero attached hydrogens (tertiary/aromatic N) is 3. The molecule has 10 aromatic carbocycles. The van der Waals surface area contributed by atoms with Gasteiger partial charge in [-0.05, 0) is 144 Å². The third-order valence-electron chi connectivity index (χ3n) is 11.2. The Balaban J connectivity index is 1.01. The average Bonchev–Trinajstić information content (AvgIpc) is 3.73. The van der Waals surface area contributed by atoms with E-state index in [1.807, 2.05) is 42.5 Å². The van der Waals surface area contributed by atoms with Gasteiger partial charge in [0.1, 0.15) is 11.6 Å². The third kappa shape index (κ3) is 5.91. The predicted octanol–water partition coefficient (Wildman–Crippen LogP) is 14.8. The summed E-state index contributed by atoms with van der Waals surface area (Å²) >= 11 is 0. The van der Waals surface area contributed by atoms with Gasteiger partial charge in [0.15, 0.2) is 5.58 Å². The fraction of sp³-hybridized carbons (Fsp3) is 0. The van der Waals surface area contributed by atoms with Gasteiger partial charge in [-0.2, -0.15) is 5.26 Å². The van der Waals surface area contributed by atoms with Crippen molar-refractivity contribution in [2.75, 3.05) is 4.90 Å². The van der Waals surface area contributed by atoms with Gasteiger partial charge < -0.3 is 9.32 Å². The highest BCUT2D eigenvalue weighted by Gasteiger charge is 2.19. The monoisotopic (exact) mass is 739 g/mol. The van der Waals surface area contributed by atoms with Gasteiger partial charge in [0.05, 0.1) is 11.1 Å². The van der Waals surface area contributed by atoms with Crippen LogP contribution in [0.5, 0.6) is 0 Å². The van der Waals surface area contributed by atoms with E-state index in [9.17, 15) is 5.26 Å². The van der Waals surface area contributed by atoms with Crippen LogP contribution in [0, 0.1) is 11.3 Å². The second kappa shape index (κ2) is 13.6. The Morgan fingerprint density at radius 2 is 0.810 bits per heavy atom. The Labute approximate surface area is 335 Å². The third-order valence-corrected chi connectivity index (χ3v) is 11.2. The van der Waals surface area contributed by atoms with E-state index >= 15 is 0 Å². The number of benzene rings is 10. The molecule has 0 aliphatic rings. The van der Waals surface area contributed by atoms with Crippen LogP contribution in [0.25, 0.3) is 87.9 Å². The summed E-state index contributed by atoms with van der Waals surface area (Å²) in [4.78, 5) is 6.93. The summed E-state index contributed by atoms with van der Waals surface area (Å²) in [5, 5.41) is 20.0. The van der Waals surface area contributed by atoms with Gasteiger partial charge in [0.2, 0.25) is 5.89 Å². The lowest BCUT2D eigenvalue weighted by Crippen LogP contribution is -2.10. The molecule has 0 bridgehead atoms. The molecule has 0 saturated heterocycles. The van der Waals surface area contributed by atoms with Crippen molar-refractivity contribution in [1.82, 2.24) is 4.98 Å². The average molecular weight is 740 g/mol. The minimum Gasteiger partial charge on any atom is -0.436 e. The molecule has 0 unspecified atom stereocenters. The molecule has 11 aromatic rings. The van der Waals surface area contributed by atoms with Crippen LogP contribution >= 0.6 is 0 Å².